The molecule has 1 atom stereocenters. The van der Waals surface area contributed by atoms with Gasteiger partial charge in [-0.05, 0) is 37.8 Å². The largest absolute Gasteiger partial charge is 0.362 e. The minimum Gasteiger partial charge on any atom is -0.362 e. The van der Waals surface area contributed by atoms with Gasteiger partial charge >= 0.3 is 0 Å². The molecule has 1 saturated carbocycles. The third-order valence-electron chi connectivity index (χ3n) is 4.62. The maximum atomic E-state index is 12.1. The van der Waals surface area contributed by atoms with Gasteiger partial charge in [0.1, 0.15) is 4.33 Å². The van der Waals surface area contributed by atoms with Crippen LogP contribution in [0.1, 0.15) is 25.3 Å². The van der Waals surface area contributed by atoms with Gasteiger partial charge in [-0.3, -0.25) is 20.4 Å². The highest BCUT2D eigenvalue weighted by molar-refractivity contribution is 6.53. The Bertz CT molecular complexity index is 650. The summed E-state index contributed by atoms with van der Waals surface area (Å²) >= 11 is 11.9. The summed E-state index contributed by atoms with van der Waals surface area (Å²) in [4.78, 5) is 26.2. The summed E-state index contributed by atoms with van der Waals surface area (Å²) in [6, 6.07) is 8.06. The Labute approximate surface area is 145 Å². The number of fused-ring (bicyclic) bond motifs is 1. The fourth-order valence-corrected chi connectivity index (χ4v) is 3.61. The van der Waals surface area contributed by atoms with E-state index in [9.17, 15) is 9.59 Å². The summed E-state index contributed by atoms with van der Waals surface area (Å²) in [5, 5.41) is 0. The number of para-hydroxylation sites is 1. The summed E-state index contributed by atoms with van der Waals surface area (Å²) < 4.78 is -1.05. The minimum absolute atomic E-state index is 0.195. The number of nitrogens with one attached hydrogen (secondary N) is 2. The van der Waals surface area contributed by atoms with Crippen LogP contribution in [-0.4, -0.2) is 29.2 Å². The molecule has 0 saturated heterocycles. The van der Waals surface area contributed by atoms with Crippen LogP contribution in [0.4, 0.5) is 5.69 Å². The van der Waals surface area contributed by atoms with Gasteiger partial charge in [-0.2, -0.15) is 0 Å². The standard InChI is InChI=1S/C16H19Cl2N3O2/c1-15(10-16(15,17)18)14(23)20-19-13(22)9-21-8-4-6-11-5-2-3-7-12(11)21/h2-3,5,7H,4,6,8-10H2,1H3,(H,19,22)(H,20,23)/t15-/m1/s1. The number of nitrogens with zero attached hydrogens (tertiary/aromatic N) is 1. The average Bonchev–Trinajstić information content (AvgIpc) is 3.05. The van der Waals surface area contributed by atoms with Crippen molar-refractivity contribution in [3.05, 3.63) is 29.8 Å². The lowest BCUT2D eigenvalue weighted by Gasteiger charge is -2.30. The SMILES string of the molecule is C[C@]1(C(=O)NNC(=O)CN2CCCc3ccccc32)CC1(Cl)Cl. The molecule has 1 aromatic rings. The molecule has 2 aliphatic rings. The predicted octanol–water partition coefficient (Wildman–Crippen LogP) is 2.17. The second-order valence-corrected chi connectivity index (χ2v) is 7.85. The molecule has 2 amide bonds. The number of halogens is 2. The van der Waals surface area contributed by atoms with Crippen LogP contribution in [0.3, 0.4) is 0 Å². The van der Waals surface area contributed by atoms with Gasteiger partial charge in [0, 0.05) is 12.2 Å². The van der Waals surface area contributed by atoms with Crippen molar-refractivity contribution in [3.63, 3.8) is 0 Å². The summed E-state index contributed by atoms with van der Waals surface area (Å²) in [5.41, 5.74) is 6.35. The Morgan fingerprint density at radius 1 is 1.26 bits per heavy atom. The van der Waals surface area contributed by atoms with Gasteiger partial charge in [-0.15, -0.1) is 23.2 Å². The smallest absolute Gasteiger partial charge is 0.257 e. The van der Waals surface area contributed by atoms with E-state index in [0.717, 1.165) is 25.1 Å². The van der Waals surface area contributed by atoms with E-state index in [0.29, 0.717) is 6.42 Å². The number of carbonyl (C=O) groups is 2. The summed E-state index contributed by atoms with van der Waals surface area (Å²) in [5.74, 6) is -0.635. The molecule has 23 heavy (non-hydrogen) atoms. The van der Waals surface area contributed by atoms with Crippen molar-refractivity contribution in [3.8, 4) is 0 Å². The van der Waals surface area contributed by atoms with Crippen molar-refractivity contribution in [2.75, 3.05) is 18.0 Å². The van der Waals surface area contributed by atoms with Crippen molar-refractivity contribution < 1.29 is 9.59 Å². The quantitative estimate of drug-likeness (QED) is 0.645. The number of anilines is 1. The van der Waals surface area contributed by atoms with Gasteiger partial charge in [0.15, 0.2) is 0 Å². The van der Waals surface area contributed by atoms with Crippen LogP contribution in [-0.2, 0) is 16.0 Å². The Morgan fingerprint density at radius 3 is 2.65 bits per heavy atom. The Kier molecular flexibility index (Phi) is 4.19. The molecule has 1 aliphatic carbocycles. The predicted molar refractivity (Wildman–Crippen MR) is 90.4 cm³/mol. The first-order valence-corrected chi connectivity index (χ1v) is 8.39. The van der Waals surface area contributed by atoms with Crippen LogP contribution in [0, 0.1) is 5.41 Å². The molecule has 3 rings (SSSR count). The van der Waals surface area contributed by atoms with Crippen LogP contribution < -0.4 is 15.8 Å². The maximum Gasteiger partial charge on any atom is 0.257 e. The third kappa shape index (κ3) is 3.12. The molecule has 0 unspecified atom stereocenters. The van der Waals surface area contributed by atoms with Crippen LogP contribution >= 0.6 is 23.2 Å². The first-order chi connectivity index (χ1) is 10.8. The zero-order valence-electron chi connectivity index (χ0n) is 12.9. The highest BCUT2D eigenvalue weighted by Crippen LogP contribution is 2.63. The molecule has 1 aliphatic heterocycles. The summed E-state index contributed by atoms with van der Waals surface area (Å²) in [6.45, 7) is 2.69. The lowest BCUT2D eigenvalue weighted by atomic mass is 10.0. The van der Waals surface area contributed by atoms with Gasteiger partial charge in [0.05, 0.1) is 12.0 Å². The number of hydrazine groups is 1. The molecule has 124 valence electrons. The number of benzene rings is 1. The number of aryl methyl sites for hydroxylation is 1. The molecule has 2 N–H and O–H groups in total. The molecule has 1 aromatic carbocycles. The second-order valence-electron chi connectivity index (χ2n) is 6.37. The van der Waals surface area contributed by atoms with E-state index in [1.54, 1.807) is 6.92 Å². The van der Waals surface area contributed by atoms with E-state index in [2.05, 4.69) is 16.9 Å². The number of hydrogen-bond donors (Lipinski definition) is 2. The van der Waals surface area contributed by atoms with Gasteiger partial charge in [0.2, 0.25) is 5.91 Å². The van der Waals surface area contributed by atoms with Crippen LogP contribution in [0.2, 0.25) is 0 Å². The minimum atomic E-state index is -1.05. The highest BCUT2D eigenvalue weighted by atomic mass is 35.5. The molecule has 0 bridgehead atoms. The molecule has 0 aromatic heterocycles. The molecular formula is C16H19Cl2N3O2. The van der Waals surface area contributed by atoms with E-state index in [1.165, 1.54) is 5.56 Å². The molecule has 1 heterocycles. The number of hydrogen-bond acceptors (Lipinski definition) is 3. The Hall–Kier alpha value is -1.46. The van der Waals surface area contributed by atoms with Crippen molar-refractivity contribution in [2.24, 2.45) is 5.41 Å². The van der Waals surface area contributed by atoms with Crippen LogP contribution in [0.5, 0.6) is 0 Å². The van der Waals surface area contributed by atoms with E-state index >= 15 is 0 Å². The normalized spacial score (nSPS) is 24.6. The summed E-state index contributed by atoms with van der Waals surface area (Å²) in [6.07, 6.45) is 2.41. The van der Waals surface area contributed by atoms with Crippen LogP contribution in [0.15, 0.2) is 24.3 Å². The lowest BCUT2D eigenvalue weighted by Crippen LogP contribution is -2.49. The van der Waals surface area contributed by atoms with E-state index < -0.39 is 9.75 Å². The van der Waals surface area contributed by atoms with Gasteiger partial charge in [-0.1, -0.05) is 18.2 Å². The maximum absolute atomic E-state index is 12.1. The van der Waals surface area contributed by atoms with Crippen molar-refractivity contribution in [1.82, 2.24) is 10.9 Å². The average molecular weight is 356 g/mol. The Morgan fingerprint density at radius 2 is 1.96 bits per heavy atom. The zero-order chi connectivity index (χ0) is 16.7. The fourth-order valence-electron chi connectivity index (χ4n) is 2.90. The second kappa shape index (κ2) is 5.87. The first-order valence-electron chi connectivity index (χ1n) is 7.63. The lowest BCUT2D eigenvalue weighted by molar-refractivity contribution is -0.131. The van der Waals surface area contributed by atoms with Gasteiger partial charge in [0.25, 0.3) is 5.91 Å². The monoisotopic (exact) mass is 355 g/mol. The fraction of sp³-hybridized carbons (Fsp3) is 0.500. The highest BCUT2D eigenvalue weighted by Gasteiger charge is 2.68. The number of amides is 2. The first kappa shape index (κ1) is 16.4. The molecule has 7 heteroatoms. The van der Waals surface area contributed by atoms with E-state index in [4.69, 9.17) is 23.2 Å². The van der Waals surface area contributed by atoms with Crippen molar-refractivity contribution in [1.29, 1.82) is 0 Å². The molecule has 5 nitrogen and oxygen atoms in total. The van der Waals surface area contributed by atoms with Crippen molar-refractivity contribution >= 4 is 40.7 Å². The van der Waals surface area contributed by atoms with Gasteiger partial charge < -0.3 is 4.90 Å². The van der Waals surface area contributed by atoms with Crippen molar-refractivity contribution in [2.45, 2.75) is 30.5 Å². The molecule has 1 fully saturated rings. The topological polar surface area (TPSA) is 61.4 Å². The molecular weight excluding hydrogens is 337 g/mol. The van der Waals surface area contributed by atoms with E-state index in [-0.39, 0.29) is 18.4 Å². The zero-order valence-corrected chi connectivity index (χ0v) is 14.4. The van der Waals surface area contributed by atoms with E-state index in [1.807, 2.05) is 23.1 Å². The number of rotatable bonds is 3. The third-order valence-corrected chi connectivity index (χ3v) is 5.72. The number of carbonyl (C=O) groups excluding carboxylic acids is 2. The van der Waals surface area contributed by atoms with Gasteiger partial charge in [-0.25, -0.2) is 0 Å². The molecule has 0 radical (unpaired) electrons. The summed E-state index contributed by atoms with van der Waals surface area (Å²) in [7, 11) is 0. The Balaban J connectivity index is 1.54. The van der Waals surface area contributed by atoms with Crippen LogP contribution in [0.25, 0.3) is 0 Å². The molecule has 0 spiro atoms. The number of alkyl halides is 2.